The number of ether oxygens (including phenoxy) is 1. The molecule has 1 aromatic rings. The summed E-state index contributed by atoms with van der Waals surface area (Å²) in [5.74, 6) is 0. The van der Waals surface area contributed by atoms with Gasteiger partial charge in [-0.15, -0.1) is 0 Å². The van der Waals surface area contributed by atoms with Gasteiger partial charge in [-0.2, -0.15) is 0 Å². The Morgan fingerprint density at radius 3 is 2.75 bits per heavy atom. The van der Waals surface area contributed by atoms with Crippen LogP contribution < -0.4 is 0 Å². The number of aliphatic hydroxyl groups is 1. The first-order valence-electron chi connectivity index (χ1n) is 5.90. The maximum absolute atomic E-state index is 10.3. The van der Waals surface area contributed by atoms with Gasteiger partial charge in [-0.25, -0.2) is 0 Å². The lowest BCUT2D eigenvalue weighted by molar-refractivity contribution is -0.0974. The van der Waals surface area contributed by atoms with Crippen molar-refractivity contribution in [2.75, 3.05) is 7.11 Å². The third kappa shape index (κ3) is 2.25. The van der Waals surface area contributed by atoms with Crippen LogP contribution >= 0.6 is 0 Å². The summed E-state index contributed by atoms with van der Waals surface area (Å²) in [5.41, 5.74) is 0.593. The number of hydrogen-bond acceptors (Lipinski definition) is 3. The van der Waals surface area contributed by atoms with E-state index in [1.807, 2.05) is 18.2 Å². The normalized spacial score (nSPS) is 20.9. The Hall–Kier alpha value is -0.930. The number of pyridine rings is 1. The van der Waals surface area contributed by atoms with Crippen molar-refractivity contribution >= 4 is 0 Å². The fraction of sp³-hybridized carbons (Fsp3) is 0.615. The summed E-state index contributed by atoms with van der Waals surface area (Å²) in [6.45, 7) is 0. The van der Waals surface area contributed by atoms with E-state index in [0.29, 0.717) is 6.42 Å². The molecule has 0 amide bonds. The Kier molecular flexibility index (Phi) is 3.56. The lowest BCUT2D eigenvalue weighted by Crippen LogP contribution is -2.43. The van der Waals surface area contributed by atoms with Crippen LogP contribution in [0.4, 0.5) is 0 Å². The molecular formula is C13H19NO2. The molecule has 1 aliphatic rings. The zero-order valence-corrected chi connectivity index (χ0v) is 9.72. The highest BCUT2D eigenvalue weighted by molar-refractivity contribution is 5.07. The first kappa shape index (κ1) is 11.6. The van der Waals surface area contributed by atoms with E-state index in [-0.39, 0.29) is 5.60 Å². The van der Waals surface area contributed by atoms with E-state index in [2.05, 4.69) is 4.98 Å². The molecule has 0 aliphatic heterocycles. The third-order valence-corrected chi connectivity index (χ3v) is 3.59. The molecule has 1 aliphatic carbocycles. The molecular weight excluding hydrogens is 202 g/mol. The maximum Gasteiger partial charge on any atom is 0.0940 e. The van der Waals surface area contributed by atoms with E-state index in [0.717, 1.165) is 31.4 Å². The van der Waals surface area contributed by atoms with Crippen LogP contribution in [0.5, 0.6) is 0 Å². The zero-order valence-electron chi connectivity index (χ0n) is 9.72. The monoisotopic (exact) mass is 221 g/mol. The summed E-state index contributed by atoms with van der Waals surface area (Å²) in [6.07, 6.45) is 6.09. The topological polar surface area (TPSA) is 42.4 Å². The van der Waals surface area contributed by atoms with E-state index < -0.39 is 6.10 Å². The van der Waals surface area contributed by atoms with Gasteiger partial charge in [-0.05, 0) is 25.0 Å². The number of nitrogens with zero attached hydrogens (tertiary/aromatic N) is 1. The quantitative estimate of drug-likeness (QED) is 0.845. The van der Waals surface area contributed by atoms with Crippen LogP contribution in [-0.2, 0) is 11.2 Å². The van der Waals surface area contributed by atoms with Gasteiger partial charge >= 0.3 is 0 Å². The lowest BCUT2D eigenvalue weighted by Gasteiger charge is -2.32. The van der Waals surface area contributed by atoms with Crippen LogP contribution in [0.3, 0.4) is 0 Å². The van der Waals surface area contributed by atoms with Crippen LogP contribution in [-0.4, -0.2) is 28.9 Å². The van der Waals surface area contributed by atoms with Crippen molar-refractivity contribution in [3.8, 4) is 0 Å². The summed E-state index contributed by atoms with van der Waals surface area (Å²) in [4.78, 5) is 4.24. The molecule has 0 spiro atoms. The van der Waals surface area contributed by atoms with Gasteiger partial charge in [0, 0.05) is 25.4 Å². The molecule has 2 rings (SSSR count). The lowest BCUT2D eigenvalue weighted by atomic mass is 9.91. The van der Waals surface area contributed by atoms with E-state index in [9.17, 15) is 5.11 Å². The first-order chi connectivity index (χ1) is 7.77. The second kappa shape index (κ2) is 4.93. The standard InChI is InChI=1S/C13H19NO2/c1-16-13(7-3-4-8-13)12(15)10-11-6-2-5-9-14-11/h2,5-6,9,12,15H,3-4,7-8,10H2,1H3. The van der Waals surface area contributed by atoms with E-state index in [1.165, 1.54) is 0 Å². The summed E-state index contributed by atoms with van der Waals surface area (Å²) in [7, 11) is 1.70. The van der Waals surface area contributed by atoms with Gasteiger partial charge in [0.2, 0.25) is 0 Å². The molecule has 3 nitrogen and oxygen atoms in total. The maximum atomic E-state index is 10.3. The summed E-state index contributed by atoms with van der Waals surface area (Å²) in [5, 5.41) is 10.3. The summed E-state index contributed by atoms with van der Waals surface area (Å²) in [6, 6.07) is 5.78. The SMILES string of the molecule is COC1(C(O)Cc2ccccn2)CCCC1. The van der Waals surface area contributed by atoms with Gasteiger partial charge in [-0.1, -0.05) is 18.9 Å². The molecule has 1 unspecified atom stereocenters. The number of aliphatic hydroxyl groups excluding tert-OH is 1. The van der Waals surface area contributed by atoms with Crippen LogP contribution in [0.15, 0.2) is 24.4 Å². The second-order valence-electron chi connectivity index (χ2n) is 4.52. The van der Waals surface area contributed by atoms with Crippen LogP contribution in [0.1, 0.15) is 31.4 Å². The fourth-order valence-corrected chi connectivity index (χ4v) is 2.55. The van der Waals surface area contributed by atoms with Crippen molar-refractivity contribution in [3.05, 3.63) is 30.1 Å². The Labute approximate surface area is 96.5 Å². The minimum Gasteiger partial charge on any atom is -0.390 e. The van der Waals surface area contributed by atoms with Gasteiger partial charge in [0.15, 0.2) is 0 Å². The Balaban J connectivity index is 2.04. The van der Waals surface area contributed by atoms with Crippen LogP contribution in [0.2, 0.25) is 0 Å². The number of hydrogen-bond donors (Lipinski definition) is 1. The molecule has 88 valence electrons. The molecule has 16 heavy (non-hydrogen) atoms. The molecule has 1 saturated carbocycles. The van der Waals surface area contributed by atoms with Crippen molar-refractivity contribution in [2.45, 2.75) is 43.8 Å². The largest absolute Gasteiger partial charge is 0.390 e. The van der Waals surface area contributed by atoms with Crippen molar-refractivity contribution in [1.29, 1.82) is 0 Å². The minimum atomic E-state index is -0.449. The van der Waals surface area contributed by atoms with E-state index in [1.54, 1.807) is 13.3 Å². The average Bonchev–Trinajstić information content (AvgIpc) is 2.80. The predicted octanol–water partition coefficient (Wildman–Crippen LogP) is 1.94. The highest BCUT2D eigenvalue weighted by Crippen LogP contribution is 2.36. The van der Waals surface area contributed by atoms with Crippen LogP contribution in [0, 0.1) is 0 Å². The van der Waals surface area contributed by atoms with Gasteiger partial charge in [0.1, 0.15) is 0 Å². The molecule has 0 saturated heterocycles. The van der Waals surface area contributed by atoms with Gasteiger partial charge in [0.25, 0.3) is 0 Å². The summed E-state index contributed by atoms with van der Waals surface area (Å²) >= 11 is 0. The third-order valence-electron chi connectivity index (χ3n) is 3.59. The van der Waals surface area contributed by atoms with Gasteiger partial charge < -0.3 is 9.84 Å². The van der Waals surface area contributed by atoms with Crippen molar-refractivity contribution in [1.82, 2.24) is 4.98 Å². The smallest absolute Gasteiger partial charge is 0.0940 e. The molecule has 0 bridgehead atoms. The molecule has 1 aromatic heterocycles. The zero-order chi connectivity index (χ0) is 11.4. The Bertz CT molecular complexity index is 320. The first-order valence-corrected chi connectivity index (χ1v) is 5.90. The number of rotatable bonds is 4. The summed E-state index contributed by atoms with van der Waals surface area (Å²) < 4.78 is 5.55. The van der Waals surface area contributed by atoms with Gasteiger partial charge in [-0.3, -0.25) is 4.98 Å². The van der Waals surface area contributed by atoms with Crippen molar-refractivity contribution in [2.24, 2.45) is 0 Å². The number of methoxy groups -OCH3 is 1. The molecule has 1 heterocycles. The Morgan fingerprint density at radius 1 is 1.44 bits per heavy atom. The fourth-order valence-electron chi connectivity index (χ4n) is 2.55. The van der Waals surface area contributed by atoms with Gasteiger partial charge in [0.05, 0.1) is 11.7 Å². The molecule has 0 aromatic carbocycles. The molecule has 3 heteroatoms. The van der Waals surface area contributed by atoms with Crippen molar-refractivity contribution in [3.63, 3.8) is 0 Å². The Morgan fingerprint density at radius 2 is 2.19 bits per heavy atom. The molecule has 1 fully saturated rings. The molecule has 1 N–H and O–H groups in total. The van der Waals surface area contributed by atoms with E-state index in [4.69, 9.17) is 4.74 Å². The number of aromatic nitrogens is 1. The highest BCUT2D eigenvalue weighted by atomic mass is 16.5. The predicted molar refractivity (Wildman–Crippen MR) is 62.2 cm³/mol. The second-order valence-corrected chi connectivity index (χ2v) is 4.52. The van der Waals surface area contributed by atoms with Crippen molar-refractivity contribution < 1.29 is 9.84 Å². The highest BCUT2D eigenvalue weighted by Gasteiger charge is 2.40. The minimum absolute atomic E-state index is 0.336. The molecule has 1 atom stereocenters. The van der Waals surface area contributed by atoms with E-state index >= 15 is 0 Å². The average molecular weight is 221 g/mol. The molecule has 0 radical (unpaired) electrons. The van der Waals surface area contributed by atoms with Crippen LogP contribution in [0.25, 0.3) is 0 Å².